The van der Waals surface area contributed by atoms with Crippen LogP contribution in [0.4, 0.5) is 13.2 Å². The molecule has 2 atom stereocenters. The topological polar surface area (TPSA) is 20.2 Å². The fourth-order valence-corrected chi connectivity index (χ4v) is 2.21. The van der Waals surface area contributed by atoms with E-state index in [4.69, 9.17) is 0 Å². The van der Waals surface area contributed by atoms with Gasteiger partial charge in [0.15, 0.2) is 0 Å². The van der Waals surface area contributed by atoms with E-state index in [-0.39, 0.29) is 12.8 Å². The summed E-state index contributed by atoms with van der Waals surface area (Å²) >= 11 is 0. The molecule has 1 N–H and O–H groups in total. The SMILES string of the molecule is CC1CCC(O)(CCCC(F)(F)F)C1. The number of halogens is 3. The number of alkyl halides is 3. The van der Waals surface area contributed by atoms with Crippen LogP contribution in [-0.4, -0.2) is 16.9 Å². The van der Waals surface area contributed by atoms with Gasteiger partial charge in [-0.05, 0) is 38.0 Å². The quantitative estimate of drug-likeness (QED) is 0.758. The molecule has 1 saturated carbocycles. The third-order valence-electron chi connectivity index (χ3n) is 2.93. The molecule has 0 heterocycles. The summed E-state index contributed by atoms with van der Waals surface area (Å²) in [4.78, 5) is 0. The zero-order chi connectivity index (χ0) is 10.8. The molecule has 0 aromatic carbocycles. The summed E-state index contributed by atoms with van der Waals surface area (Å²) in [6.45, 7) is 2.03. The minimum atomic E-state index is -4.08. The molecule has 1 aliphatic rings. The first kappa shape index (κ1) is 11.8. The minimum absolute atomic E-state index is 0.0483. The molecule has 0 aromatic heterocycles. The van der Waals surface area contributed by atoms with Gasteiger partial charge in [-0.15, -0.1) is 0 Å². The monoisotopic (exact) mass is 210 g/mol. The van der Waals surface area contributed by atoms with E-state index in [1.807, 2.05) is 6.92 Å². The van der Waals surface area contributed by atoms with Crippen LogP contribution in [0.1, 0.15) is 45.4 Å². The zero-order valence-electron chi connectivity index (χ0n) is 8.40. The number of aliphatic hydroxyl groups is 1. The molecule has 0 radical (unpaired) electrons. The highest BCUT2D eigenvalue weighted by Gasteiger charge is 2.36. The van der Waals surface area contributed by atoms with Crippen LogP contribution < -0.4 is 0 Å². The lowest BCUT2D eigenvalue weighted by Crippen LogP contribution is -2.25. The fraction of sp³-hybridized carbons (Fsp3) is 1.00. The van der Waals surface area contributed by atoms with E-state index in [1.165, 1.54) is 0 Å². The maximum atomic E-state index is 11.8. The Morgan fingerprint density at radius 3 is 2.50 bits per heavy atom. The Labute approximate surface area is 82.3 Å². The fourth-order valence-electron chi connectivity index (χ4n) is 2.21. The van der Waals surface area contributed by atoms with E-state index < -0.39 is 18.2 Å². The van der Waals surface area contributed by atoms with Gasteiger partial charge in [0.2, 0.25) is 0 Å². The van der Waals surface area contributed by atoms with Gasteiger partial charge in [0.1, 0.15) is 0 Å². The van der Waals surface area contributed by atoms with Gasteiger partial charge in [-0.25, -0.2) is 0 Å². The third-order valence-corrected chi connectivity index (χ3v) is 2.93. The molecule has 84 valence electrons. The van der Waals surface area contributed by atoms with Crippen molar-refractivity contribution in [2.45, 2.75) is 57.2 Å². The van der Waals surface area contributed by atoms with Crippen molar-refractivity contribution < 1.29 is 18.3 Å². The first-order valence-corrected chi connectivity index (χ1v) is 5.10. The van der Waals surface area contributed by atoms with Crippen molar-refractivity contribution in [3.05, 3.63) is 0 Å². The summed E-state index contributed by atoms with van der Waals surface area (Å²) in [7, 11) is 0. The maximum absolute atomic E-state index is 11.8. The molecular weight excluding hydrogens is 193 g/mol. The Morgan fingerprint density at radius 2 is 2.07 bits per heavy atom. The van der Waals surface area contributed by atoms with Crippen molar-refractivity contribution in [1.82, 2.24) is 0 Å². The Balaban J connectivity index is 2.24. The van der Waals surface area contributed by atoms with E-state index in [2.05, 4.69) is 0 Å². The predicted octanol–water partition coefficient (Wildman–Crippen LogP) is 3.27. The van der Waals surface area contributed by atoms with E-state index in [1.54, 1.807) is 0 Å². The van der Waals surface area contributed by atoms with Gasteiger partial charge in [0.05, 0.1) is 5.60 Å². The lowest BCUT2D eigenvalue weighted by atomic mass is 9.94. The summed E-state index contributed by atoms with van der Waals surface area (Å²) < 4.78 is 35.5. The van der Waals surface area contributed by atoms with E-state index in [9.17, 15) is 18.3 Å². The molecule has 1 rings (SSSR count). The lowest BCUT2D eigenvalue weighted by Gasteiger charge is -2.22. The first-order chi connectivity index (χ1) is 6.31. The number of rotatable bonds is 3. The van der Waals surface area contributed by atoms with Crippen LogP contribution in [0, 0.1) is 5.92 Å². The van der Waals surface area contributed by atoms with Crippen LogP contribution >= 0.6 is 0 Å². The van der Waals surface area contributed by atoms with E-state index >= 15 is 0 Å². The smallest absolute Gasteiger partial charge is 0.389 e. The summed E-state index contributed by atoms with van der Waals surface area (Å²) in [5, 5.41) is 9.89. The van der Waals surface area contributed by atoms with Crippen LogP contribution in [0.2, 0.25) is 0 Å². The van der Waals surface area contributed by atoms with Gasteiger partial charge < -0.3 is 5.11 Å². The van der Waals surface area contributed by atoms with E-state index in [0.717, 1.165) is 6.42 Å². The molecule has 0 spiro atoms. The van der Waals surface area contributed by atoms with Crippen molar-refractivity contribution >= 4 is 0 Å². The normalized spacial score (nSPS) is 33.6. The van der Waals surface area contributed by atoms with Crippen LogP contribution in [0.5, 0.6) is 0 Å². The van der Waals surface area contributed by atoms with E-state index in [0.29, 0.717) is 18.8 Å². The highest BCUT2D eigenvalue weighted by molar-refractivity contribution is 4.87. The summed E-state index contributed by atoms with van der Waals surface area (Å²) in [5.41, 5.74) is -0.815. The molecular formula is C10H17F3O. The zero-order valence-corrected chi connectivity index (χ0v) is 8.40. The van der Waals surface area contributed by atoms with Gasteiger partial charge in [0, 0.05) is 6.42 Å². The molecule has 0 bridgehead atoms. The third kappa shape index (κ3) is 3.86. The van der Waals surface area contributed by atoms with Crippen molar-refractivity contribution in [2.75, 3.05) is 0 Å². The second kappa shape index (κ2) is 4.09. The minimum Gasteiger partial charge on any atom is -0.390 e. The summed E-state index contributed by atoms with van der Waals surface area (Å²) in [5.74, 6) is 0.450. The van der Waals surface area contributed by atoms with Crippen LogP contribution in [0.15, 0.2) is 0 Å². The molecule has 1 nitrogen and oxygen atoms in total. The molecule has 1 aliphatic carbocycles. The molecule has 1 fully saturated rings. The molecule has 4 heteroatoms. The highest BCUT2D eigenvalue weighted by Crippen LogP contribution is 2.38. The predicted molar refractivity (Wildman–Crippen MR) is 47.9 cm³/mol. The van der Waals surface area contributed by atoms with Gasteiger partial charge in [-0.3, -0.25) is 0 Å². The molecule has 0 amide bonds. The second-order valence-corrected chi connectivity index (χ2v) is 4.54. The first-order valence-electron chi connectivity index (χ1n) is 5.10. The van der Waals surface area contributed by atoms with Crippen molar-refractivity contribution in [3.8, 4) is 0 Å². The van der Waals surface area contributed by atoms with Gasteiger partial charge in [-0.2, -0.15) is 13.2 Å². The van der Waals surface area contributed by atoms with Crippen molar-refractivity contribution in [1.29, 1.82) is 0 Å². The van der Waals surface area contributed by atoms with Crippen LogP contribution in [0.3, 0.4) is 0 Å². The second-order valence-electron chi connectivity index (χ2n) is 4.54. The molecule has 14 heavy (non-hydrogen) atoms. The Morgan fingerprint density at radius 1 is 1.43 bits per heavy atom. The van der Waals surface area contributed by atoms with Crippen LogP contribution in [-0.2, 0) is 0 Å². The summed E-state index contributed by atoms with van der Waals surface area (Å²) in [6.07, 6.45) is -2.27. The summed E-state index contributed by atoms with van der Waals surface area (Å²) in [6, 6.07) is 0. The maximum Gasteiger partial charge on any atom is 0.389 e. The Hall–Kier alpha value is -0.250. The van der Waals surface area contributed by atoms with Crippen molar-refractivity contribution in [3.63, 3.8) is 0 Å². The van der Waals surface area contributed by atoms with Gasteiger partial charge in [0.25, 0.3) is 0 Å². The van der Waals surface area contributed by atoms with Crippen LogP contribution in [0.25, 0.3) is 0 Å². The molecule has 2 unspecified atom stereocenters. The number of hydrogen-bond donors (Lipinski definition) is 1. The standard InChI is InChI=1S/C10H17F3O/c1-8-3-6-9(14,7-8)4-2-5-10(11,12)13/h8,14H,2-7H2,1H3. The molecule has 0 saturated heterocycles. The highest BCUT2D eigenvalue weighted by atomic mass is 19.4. The largest absolute Gasteiger partial charge is 0.390 e. The van der Waals surface area contributed by atoms with Gasteiger partial charge in [-0.1, -0.05) is 6.92 Å². The van der Waals surface area contributed by atoms with Gasteiger partial charge >= 0.3 is 6.18 Å². The van der Waals surface area contributed by atoms with Crippen molar-refractivity contribution in [2.24, 2.45) is 5.92 Å². The molecule has 0 aliphatic heterocycles. The Kier molecular flexibility index (Phi) is 3.45. The average Bonchev–Trinajstić information content (AvgIpc) is 2.28. The lowest BCUT2D eigenvalue weighted by molar-refractivity contribution is -0.137. The number of hydrogen-bond acceptors (Lipinski definition) is 1. The molecule has 0 aromatic rings. The average molecular weight is 210 g/mol. The Bertz CT molecular complexity index is 190.